The van der Waals surface area contributed by atoms with Crippen molar-refractivity contribution in [3.8, 4) is 5.75 Å². The van der Waals surface area contributed by atoms with E-state index in [0.29, 0.717) is 11.3 Å². The van der Waals surface area contributed by atoms with Crippen LogP contribution in [0.3, 0.4) is 0 Å². The molecule has 7 nitrogen and oxygen atoms in total. The third kappa shape index (κ3) is 5.08. The number of hydrogen-bond acceptors (Lipinski definition) is 4. The second-order valence-corrected chi connectivity index (χ2v) is 5.11. The van der Waals surface area contributed by atoms with Crippen molar-refractivity contribution < 1.29 is 19.1 Å². The Balaban J connectivity index is 2.74. The van der Waals surface area contributed by atoms with Gasteiger partial charge >= 0.3 is 0 Å². The maximum Gasteiger partial charge on any atom is 0.251 e. The van der Waals surface area contributed by atoms with E-state index in [1.165, 1.54) is 7.11 Å². The number of nitrogens with two attached hydrogens (primary N) is 1. The molecule has 3 amide bonds. The normalized spacial score (nSPS) is 11.6. The summed E-state index contributed by atoms with van der Waals surface area (Å²) >= 11 is 0. The lowest BCUT2D eigenvalue weighted by Crippen LogP contribution is -2.51. The number of hydrogen-bond donors (Lipinski definition) is 3. The van der Waals surface area contributed by atoms with Crippen LogP contribution in [0, 0.1) is 5.92 Å². The number of primary amides is 1. The molecule has 0 aliphatic carbocycles. The summed E-state index contributed by atoms with van der Waals surface area (Å²) in [7, 11) is 1.53. The summed E-state index contributed by atoms with van der Waals surface area (Å²) in [6, 6.07) is 5.77. The highest BCUT2D eigenvalue weighted by atomic mass is 16.5. The van der Waals surface area contributed by atoms with E-state index in [0.717, 1.165) is 0 Å². The summed E-state index contributed by atoms with van der Waals surface area (Å²) in [6.07, 6.45) is 0. The first-order chi connectivity index (χ1) is 10.3. The Morgan fingerprint density at radius 3 is 2.23 bits per heavy atom. The first-order valence-corrected chi connectivity index (χ1v) is 6.86. The van der Waals surface area contributed by atoms with Crippen LogP contribution in [0.1, 0.15) is 24.2 Å². The minimum atomic E-state index is -0.756. The molecule has 1 aromatic carbocycles. The number of carbonyl (C=O) groups excluding carboxylic acids is 3. The first-order valence-electron chi connectivity index (χ1n) is 6.86. The number of ether oxygens (including phenoxy) is 1. The van der Waals surface area contributed by atoms with Crippen molar-refractivity contribution in [3.63, 3.8) is 0 Å². The molecule has 0 spiro atoms. The molecular weight excluding hydrogens is 286 g/mol. The Labute approximate surface area is 129 Å². The fraction of sp³-hybridized carbons (Fsp3) is 0.400. The topological polar surface area (TPSA) is 111 Å². The molecule has 0 aliphatic rings. The SMILES string of the molecule is COc1ccc(C(=O)N[C@H](C(=O)NCC(N)=O)C(C)C)cc1. The molecule has 0 aliphatic heterocycles. The molecule has 0 aromatic heterocycles. The Kier molecular flexibility index (Phi) is 6.37. The molecule has 0 bridgehead atoms. The number of rotatable bonds is 7. The highest BCUT2D eigenvalue weighted by Crippen LogP contribution is 2.12. The van der Waals surface area contributed by atoms with Crippen molar-refractivity contribution in [1.82, 2.24) is 10.6 Å². The van der Waals surface area contributed by atoms with Crippen LogP contribution in [0.5, 0.6) is 5.75 Å². The van der Waals surface area contributed by atoms with Gasteiger partial charge in [0, 0.05) is 5.56 Å². The van der Waals surface area contributed by atoms with Gasteiger partial charge in [0.15, 0.2) is 0 Å². The highest BCUT2D eigenvalue weighted by molar-refractivity contribution is 5.98. The molecule has 22 heavy (non-hydrogen) atoms. The maximum atomic E-state index is 12.2. The maximum absolute atomic E-state index is 12.2. The summed E-state index contributed by atoms with van der Waals surface area (Å²) in [5.74, 6) is -0.977. The van der Waals surface area contributed by atoms with Gasteiger partial charge in [-0.2, -0.15) is 0 Å². The number of nitrogens with one attached hydrogen (secondary N) is 2. The van der Waals surface area contributed by atoms with E-state index in [9.17, 15) is 14.4 Å². The standard InChI is InChI=1S/C15H21N3O4/c1-9(2)13(15(21)17-8-12(16)19)18-14(20)10-4-6-11(22-3)7-5-10/h4-7,9,13H,8H2,1-3H3,(H2,16,19)(H,17,21)(H,18,20)/t13-/m0/s1. The zero-order chi connectivity index (χ0) is 16.7. The van der Waals surface area contributed by atoms with Gasteiger partial charge in [0.1, 0.15) is 11.8 Å². The molecule has 0 heterocycles. The molecule has 4 N–H and O–H groups in total. The molecular formula is C15H21N3O4. The largest absolute Gasteiger partial charge is 0.497 e. The lowest BCUT2D eigenvalue weighted by Gasteiger charge is -2.21. The Hall–Kier alpha value is -2.57. The van der Waals surface area contributed by atoms with Gasteiger partial charge in [-0.25, -0.2) is 0 Å². The predicted octanol–water partition coefficient (Wildman–Crippen LogP) is 0.0511. The van der Waals surface area contributed by atoms with Gasteiger partial charge in [0.2, 0.25) is 11.8 Å². The number of amides is 3. The summed E-state index contributed by atoms with van der Waals surface area (Å²) in [5, 5.41) is 5.04. The molecule has 1 atom stereocenters. The smallest absolute Gasteiger partial charge is 0.251 e. The Bertz CT molecular complexity index is 540. The van der Waals surface area contributed by atoms with Crippen LogP contribution in [0.2, 0.25) is 0 Å². The van der Waals surface area contributed by atoms with Gasteiger partial charge in [-0.15, -0.1) is 0 Å². The van der Waals surface area contributed by atoms with Gasteiger partial charge in [-0.05, 0) is 30.2 Å². The van der Waals surface area contributed by atoms with Gasteiger partial charge in [0.05, 0.1) is 13.7 Å². The van der Waals surface area contributed by atoms with Crippen molar-refractivity contribution in [2.75, 3.05) is 13.7 Å². The summed E-state index contributed by atoms with van der Waals surface area (Å²) < 4.78 is 5.02. The van der Waals surface area contributed by atoms with Gasteiger partial charge < -0.3 is 21.1 Å². The Morgan fingerprint density at radius 1 is 1.18 bits per heavy atom. The van der Waals surface area contributed by atoms with Crippen molar-refractivity contribution in [2.24, 2.45) is 11.7 Å². The van der Waals surface area contributed by atoms with E-state index in [4.69, 9.17) is 10.5 Å². The number of methoxy groups -OCH3 is 1. The van der Waals surface area contributed by atoms with Crippen molar-refractivity contribution >= 4 is 17.7 Å². The van der Waals surface area contributed by atoms with E-state index in [2.05, 4.69) is 10.6 Å². The highest BCUT2D eigenvalue weighted by Gasteiger charge is 2.24. The molecule has 120 valence electrons. The molecule has 0 radical (unpaired) electrons. The predicted molar refractivity (Wildman–Crippen MR) is 81.3 cm³/mol. The zero-order valence-corrected chi connectivity index (χ0v) is 12.9. The van der Waals surface area contributed by atoms with Crippen LogP contribution in [-0.4, -0.2) is 37.4 Å². The molecule has 7 heteroatoms. The average molecular weight is 307 g/mol. The number of benzene rings is 1. The first kappa shape index (κ1) is 17.5. The summed E-state index contributed by atoms with van der Waals surface area (Å²) in [6.45, 7) is 3.33. The van der Waals surface area contributed by atoms with E-state index in [-0.39, 0.29) is 18.4 Å². The molecule has 0 fully saturated rings. The van der Waals surface area contributed by atoms with E-state index >= 15 is 0 Å². The second-order valence-electron chi connectivity index (χ2n) is 5.11. The van der Waals surface area contributed by atoms with E-state index in [1.807, 2.05) is 0 Å². The lowest BCUT2D eigenvalue weighted by atomic mass is 10.0. The van der Waals surface area contributed by atoms with Crippen LogP contribution in [0.4, 0.5) is 0 Å². The van der Waals surface area contributed by atoms with Gasteiger partial charge in [-0.1, -0.05) is 13.8 Å². The van der Waals surface area contributed by atoms with Crippen molar-refractivity contribution in [1.29, 1.82) is 0 Å². The fourth-order valence-corrected chi connectivity index (χ4v) is 1.79. The second kappa shape index (κ2) is 8.02. The van der Waals surface area contributed by atoms with E-state index < -0.39 is 17.9 Å². The minimum absolute atomic E-state index is 0.143. The van der Waals surface area contributed by atoms with Gasteiger partial charge in [0.25, 0.3) is 5.91 Å². The third-order valence-corrected chi connectivity index (χ3v) is 3.02. The van der Waals surface area contributed by atoms with Gasteiger partial charge in [-0.3, -0.25) is 14.4 Å². The molecule has 0 saturated heterocycles. The zero-order valence-electron chi connectivity index (χ0n) is 12.9. The summed E-state index contributed by atoms with van der Waals surface area (Å²) in [4.78, 5) is 34.9. The van der Waals surface area contributed by atoms with E-state index in [1.54, 1.807) is 38.1 Å². The third-order valence-electron chi connectivity index (χ3n) is 3.02. The summed E-state index contributed by atoms with van der Waals surface area (Å²) in [5.41, 5.74) is 5.40. The van der Waals surface area contributed by atoms with Crippen LogP contribution in [0.15, 0.2) is 24.3 Å². The van der Waals surface area contributed by atoms with Crippen LogP contribution >= 0.6 is 0 Å². The van der Waals surface area contributed by atoms with Crippen molar-refractivity contribution in [3.05, 3.63) is 29.8 Å². The molecule has 1 rings (SSSR count). The lowest BCUT2D eigenvalue weighted by molar-refractivity contribution is -0.126. The van der Waals surface area contributed by atoms with Crippen LogP contribution in [-0.2, 0) is 9.59 Å². The monoisotopic (exact) mass is 307 g/mol. The molecule has 0 unspecified atom stereocenters. The quantitative estimate of drug-likeness (QED) is 0.661. The average Bonchev–Trinajstić information content (AvgIpc) is 2.49. The van der Waals surface area contributed by atoms with Crippen LogP contribution in [0.25, 0.3) is 0 Å². The Morgan fingerprint density at radius 2 is 1.77 bits per heavy atom. The molecule has 0 saturated carbocycles. The minimum Gasteiger partial charge on any atom is -0.497 e. The van der Waals surface area contributed by atoms with Crippen LogP contribution < -0.4 is 21.1 Å². The number of carbonyl (C=O) groups is 3. The molecule has 1 aromatic rings. The van der Waals surface area contributed by atoms with Crippen molar-refractivity contribution in [2.45, 2.75) is 19.9 Å². The fourth-order valence-electron chi connectivity index (χ4n) is 1.79.